The van der Waals surface area contributed by atoms with Gasteiger partial charge in [-0.2, -0.15) is 0 Å². The van der Waals surface area contributed by atoms with Crippen LogP contribution in [0.2, 0.25) is 0 Å². The van der Waals surface area contributed by atoms with Crippen molar-refractivity contribution in [3.8, 4) is 0 Å². The lowest BCUT2D eigenvalue weighted by molar-refractivity contribution is -0.273. The van der Waals surface area contributed by atoms with E-state index >= 15 is 0 Å². The highest BCUT2D eigenvalue weighted by Crippen LogP contribution is 2.49. The van der Waals surface area contributed by atoms with Crippen molar-refractivity contribution in [3.63, 3.8) is 0 Å². The molecule has 5 aliphatic heterocycles. The van der Waals surface area contributed by atoms with Gasteiger partial charge in [0.15, 0.2) is 0 Å². The fraction of sp³-hybridized carbons (Fsp3) is 0.769. The third-order valence-electron chi connectivity index (χ3n) is 11.9. The van der Waals surface area contributed by atoms with E-state index in [-0.39, 0.29) is 42.7 Å². The summed E-state index contributed by atoms with van der Waals surface area (Å²) in [7, 11) is 0. The minimum Gasteiger partial charge on any atom is -0.390 e. The van der Waals surface area contributed by atoms with Gasteiger partial charge >= 0.3 is 0 Å². The zero-order chi connectivity index (χ0) is 34.0. The Kier molecular flexibility index (Phi) is 11.7. The Labute approximate surface area is 282 Å². The van der Waals surface area contributed by atoms with Crippen molar-refractivity contribution in [2.45, 2.75) is 184 Å². The maximum absolute atomic E-state index is 11.7. The average molecular weight is 657 g/mol. The van der Waals surface area contributed by atoms with Crippen LogP contribution < -0.4 is 0 Å². The summed E-state index contributed by atoms with van der Waals surface area (Å²) >= 11 is 0. The van der Waals surface area contributed by atoms with Crippen molar-refractivity contribution in [2.75, 3.05) is 0 Å². The lowest BCUT2D eigenvalue weighted by Crippen LogP contribution is -2.59. The molecule has 5 aliphatic rings. The Morgan fingerprint density at radius 1 is 0.894 bits per heavy atom. The van der Waals surface area contributed by atoms with Crippen LogP contribution in [0, 0.1) is 5.92 Å². The van der Waals surface area contributed by atoms with Crippen LogP contribution in [0.5, 0.6) is 0 Å². The zero-order valence-corrected chi connectivity index (χ0v) is 29.6. The summed E-state index contributed by atoms with van der Waals surface area (Å²) in [5.74, 6) is 0.294. The normalized spacial score (nSPS) is 46.2. The highest BCUT2D eigenvalue weighted by molar-refractivity contribution is 5.67. The van der Waals surface area contributed by atoms with Gasteiger partial charge in [-0.25, -0.2) is 0 Å². The summed E-state index contributed by atoms with van der Waals surface area (Å²) in [6.07, 6.45) is 16.0. The van der Waals surface area contributed by atoms with Gasteiger partial charge < -0.3 is 33.9 Å². The molecule has 2 unspecified atom stereocenters. The first kappa shape index (κ1) is 36.6. The van der Waals surface area contributed by atoms with Crippen LogP contribution >= 0.6 is 0 Å². The number of aliphatic hydroxyl groups excluding tert-OH is 1. The standard InChI is InChI=1S/C39H60O8/c1-8-9-10-11-15-33-37(5,42)19-16-30-31(43-33)17-20-38(6)35(44-30)23-32-36(47-38)28(41)24-39(7)34(45-32)22-27(4)29(46-39)14-12-13-25(2)26(3)18-21-40/h8-10,13,18,21,27-36,41-42H,1,11-12,14-17,19-20,22-24H2,2-7H3/b10-9-,25-13+,26-18+/t27-,28-,29-,30+,31?,32+,33?,34-,35-,36-,37+,38+,39+/m0/s1. The van der Waals surface area contributed by atoms with E-state index < -0.39 is 29.0 Å². The number of allylic oxidation sites excluding steroid dienone is 7. The van der Waals surface area contributed by atoms with E-state index in [2.05, 4.69) is 39.5 Å². The minimum absolute atomic E-state index is 0.0469. The first-order valence-electron chi connectivity index (χ1n) is 18.1. The molecular weight excluding hydrogens is 596 g/mol. The molecule has 0 aromatic carbocycles. The van der Waals surface area contributed by atoms with Gasteiger partial charge in [0.25, 0.3) is 0 Å². The van der Waals surface area contributed by atoms with Crippen LogP contribution in [0.1, 0.15) is 112 Å². The van der Waals surface area contributed by atoms with E-state index in [1.54, 1.807) is 12.2 Å². The van der Waals surface area contributed by atoms with E-state index in [1.807, 2.05) is 26.8 Å². The van der Waals surface area contributed by atoms with E-state index in [9.17, 15) is 15.0 Å². The molecule has 264 valence electrons. The van der Waals surface area contributed by atoms with Crippen LogP contribution in [-0.4, -0.2) is 88.2 Å². The smallest absolute Gasteiger partial charge is 0.143 e. The molecule has 8 nitrogen and oxygen atoms in total. The van der Waals surface area contributed by atoms with E-state index in [4.69, 9.17) is 23.7 Å². The van der Waals surface area contributed by atoms with Crippen LogP contribution in [-0.2, 0) is 28.5 Å². The molecule has 0 aromatic rings. The maximum Gasteiger partial charge on any atom is 0.143 e. The van der Waals surface area contributed by atoms with Gasteiger partial charge in [-0.1, -0.05) is 43.4 Å². The highest BCUT2D eigenvalue weighted by Gasteiger charge is 2.58. The first-order valence-corrected chi connectivity index (χ1v) is 18.1. The summed E-state index contributed by atoms with van der Waals surface area (Å²) in [5.41, 5.74) is -0.0535. The number of hydrogen-bond acceptors (Lipinski definition) is 8. The number of carbonyl (C=O) groups is 1. The highest BCUT2D eigenvalue weighted by atomic mass is 16.6. The molecule has 5 heterocycles. The maximum atomic E-state index is 11.7. The topological polar surface area (TPSA) is 104 Å². The fourth-order valence-corrected chi connectivity index (χ4v) is 8.63. The van der Waals surface area contributed by atoms with Gasteiger partial charge in [-0.3, -0.25) is 4.79 Å². The van der Waals surface area contributed by atoms with Crippen LogP contribution in [0.3, 0.4) is 0 Å². The van der Waals surface area contributed by atoms with Gasteiger partial charge in [0, 0.05) is 12.8 Å². The molecule has 0 saturated carbocycles. The Hall–Kier alpha value is -1.65. The molecule has 2 N–H and O–H groups in total. The average Bonchev–Trinajstić information content (AvgIpc) is 3.27. The number of carbonyl (C=O) groups excluding carboxylic acids is 1. The molecule has 5 rings (SSSR count). The predicted molar refractivity (Wildman–Crippen MR) is 182 cm³/mol. The third-order valence-corrected chi connectivity index (χ3v) is 11.9. The van der Waals surface area contributed by atoms with Crippen LogP contribution in [0.15, 0.2) is 48.1 Å². The molecule has 5 saturated heterocycles. The molecule has 0 aromatic heterocycles. The van der Waals surface area contributed by atoms with Crippen molar-refractivity contribution >= 4 is 6.29 Å². The van der Waals surface area contributed by atoms with Crippen molar-refractivity contribution in [2.24, 2.45) is 5.92 Å². The molecular formula is C39H60O8. The van der Waals surface area contributed by atoms with Crippen LogP contribution in [0.4, 0.5) is 0 Å². The van der Waals surface area contributed by atoms with Crippen molar-refractivity contribution in [1.29, 1.82) is 0 Å². The monoisotopic (exact) mass is 656 g/mol. The molecule has 0 aliphatic carbocycles. The lowest BCUT2D eigenvalue weighted by Gasteiger charge is -2.49. The molecule has 47 heavy (non-hydrogen) atoms. The molecule has 0 spiro atoms. The summed E-state index contributed by atoms with van der Waals surface area (Å²) < 4.78 is 34.2. The Morgan fingerprint density at radius 3 is 2.34 bits per heavy atom. The summed E-state index contributed by atoms with van der Waals surface area (Å²) in [4.78, 5) is 10.9. The molecule has 0 bridgehead atoms. The summed E-state index contributed by atoms with van der Waals surface area (Å²) in [6.45, 7) is 16.1. The minimum atomic E-state index is -0.926. The number of rotatable bonds is 9. The Morgan fingerprint density at radius 2 is 1.60 bits per heavy atom. The fourth-order valence-electron chi connectivity index (χ4n) is 8.63. The Bertz CT molecular complexity index is 1190. The van der Waals surface area contributed by atoms with Crippen LogP contribution in [0.25, 0.3) is 0 Å². The second-order valence-electron chi connectivity index (χ2n) is 15.7. The SMILES string of the molecule is C=C/C=C\CCC1OC2CC[C@@]3(C)O[C@H]4[C@@H](O)C[C@@]5(C)O[C@@H](CC/C=C(C)/C(C)=C/C=O)[C@@H](C)C[C@@H]5O[C@@H]4C[C@@H]3O[C@@H]2CC[C@@]1(C)O. The van der Waals surface area contributed by atoms with Gasteiger partial charge in [0.2, 0.25) is 0 Å². The van der Waals surface area contributed by atoms with E-state index in [0.29, 0.717) is 25.2 Å². The molecule has 0 amide bonds. The third kappa shape index (κ3) is 8.22. The van der Waals surface area contributed by atoms with Gasteiger partial charge in [-0.15, -0.1) is 0 Å². The number of aldehydes is 1. The number of aliphatic hydroxyl groups is 2. The molecule has 13 atom stereocenters. The largest absolute Gasteiger partial charge is 0.390 e. The van der Waals surface area contributed by atoms with Gasteiger partial charge in [0.1, 0.15) is 12.4 Å². The van der Waals surface area contributed by atoms with Gasteiger partial charge in [-0.05, 0) is 110 Å². The molecule has 5 fully saturated rings. The van der Waals surface area contributed by atoms with Gasteiger partial charge in [0.05, 0.1) is 65.6 Å². The number of fused-ring (bicyclic) bond motifs is 4. The lowest BCUT2D eigenvalue weighted by atomic mass is 9.79. The van der Waals surface area contributed by atoms with E-state index in [0.717, 1.165) is 68.8 Å². The van der Waals surface area contributed by atoms with E-state index in [1.165, 1.54) is 0 Å². The number of hydrogen-bond donors (Lipinski definition) is 2. The second kappa shape index (κ2) is 15.1. The van der Waals surface area contributed by atoms with Crippen molar-refractivity contribution in [1.82, 2.24) is 0 Å². The van der Waals surface area contributed by atoms with Crippen molar-refractivity contribution in [3.05, 3.63) is 48.1 Å². The number of ether oxygens (including phenoxy) is 5. The quantitative estimate of drug-likeness (QED) is 0.165. The summed E-state index contributed by atoms with van der Waals surface area (Å²) in [5, 5.41) is 23.0. The Balaban J connectivity index is 1.26. The zero-order valence-electron chi connectivity index (χ0n) is 29.6. The predicted octanol–water partition coefficient (Wildman–Crippen LogP) is 6.48. The summed E-state index contributed by atoms with van der Waals surface area (Å²) in [6, 6.07) is 0. The van der Waals surface area contributed by atoms with Crippen molar-refractivity contribution < 1.29 is 38.7 Å². The second-order valence-corrected chi connectivity index (χ2v) is 15.7. The molecule has 8 heteroatoms. The molecule has 0 radical (unpaired) electrons. The first-order chi connectivity index (χ1) is 22.3.